The summed E-state index contributed by atoms with van der Waals surface area (Å²) < 4.78 is 6.41. The highest BCUT2D eigenvalue weighted by molar-refractivity contribution is 9.10. The van der Waals surface area contributed by atoms with Gasteiger partial charge in [-0.05, 0) is 45.0 Å². The Bertz CT molecular complexity index is 526. The minimum absolute atomic E-state index is 0.284. The van der Waals surface area contributed by atoms with Gasteiger partial charge < -0.3 is 15.0 Å². The van der Waals surface area contributed by atoms with Crippen LogP contribution in [0.3, 0.4) is 0 Å². The molecule has 2 aliphatic rings. The molecule has 1 saturated carbocycles. The lowest BCUT2D eigenvalue weighted by molar-refractivity contribution is 0.0518. The number of hydrogen-bond donors (Lipinski definition) is 1. The molecule has 1 aromatic rings. The number of rotatable bonds is 2. The Morgan fingerprint density at radius 3 is 2.33 bits per heavy atom. The fourth-order valence-electron chi connectivity index (χ4n) is 3.05. The third-order valence-corrected chi connectivity index (χ3v) is 4.60. The molecule has 1 heterocycles. The van der Waals surface area contributed by atoms with Crippen molar-refractivity contribution in [2.75, 3.05) is 18.0 Å². The largest absolute Gasteiger partial charge is 0.444 e. The zero-order valence-corrected chi connectivity index (χ0v) is 14.2. The van der Waals surface area contributed by atoms with Gasteiger partial charge in [0.05, 0.1) is 0 Å². The second-order valence-corrected chi connectivity index (χ2v) is 7.80. The maximum absolute atomic E-state index is 11.8. The average molecular weight is 353 g/mol. The molecule has 1 amide bonds. The number of benzene rings is 1. The monoisotopic (exact) mass is 352 g/mol. The Hall–Kier alpha value is -1.23. The lowest BCUT2D eigenvalue weighted by atomic mass is 10.2. The fraction of sp³-hybridized carbons (Fsp3) is 0.562. The highest BCUT2D eigenvalue weighted by Gasteiger charge is 2.56. The van der Waals surface area contributed by atoms with E-state index in [2.05, 4.69) is 50.4 Å². The van der Waals surface area contributed by atoms with Crippen LogP contribution in [0.4, 0.5) is 10.5 Å². The lowest BCUT2D eigenvalue weighted by Crippen LogP contribution is -2.38. The molecule has 0 aromatic heterocycles. The summed E-state index contributed by atoms with van der Waals surface area (Å²) in [6.07, 6.45) is -0.294. The maximum Gasteiger partial charge on any atom is 0.407 e. The van der Waals surface area contributed by atoms with E-state index in [-0.39, 0.29) is 12.1 Å². The van der Waals surface area contributed by atoms with Crippen LogP contribution >= 0.6 is 15.9 Å². The van der Waals surface area contributed by atoms with E-state index in [4.69, 9.17) is 4.74 Å². The fourth-order valence-corrected chi connectivity index (χ4v) is 3.31. The van der Waals surface area contributed by atoms with E-state index in [9.17, 15) is 4.79 Å². The number of nitrogens with one attached hydrogen (secondary N) is 1. The standard InChI is InChI=1S/C16H21BrN2O2/c1-16(2,3)21-15(20)18-14-12-8-19(9-13(12)14)11-6-4-10(17)5-7-11/h4-7,12-14H,8-9H2,1-3H3,(H,18,20)/t12-,13+,14?. The molecule has 0 bridgehead atoms. The van der Waals surface area contributed by atoms with Gasteiger partial charge in [0.25, 0.3) is 0 Å². The molecule has 3 rings (SSSR count). The molecule has 0 radical (unpaired) electrons. The molecular formula is C16H21BrN2O2. The zero-order valence-electron chi connectivity index (χ0n) is 12.6. The quantitative estimate of drug-likeness (QED) is 0.886. The third kappa shape index (κ3) is 3.34. The first-order valence-electron chi connectivity index (χ1n) is 7.33. The number of hydrogen-bond acceptors (Lipinski definition) is 3. The first kappa shape index (κ1) is 14.7. The molecule has 1 aliphatic carbocycles. The van der Waals surface area contributed by atoms with Crippen LogP contribution in [-0.4, -0.2) is 30.8 Å². The number of piperidine rings is 1. The van der Waals surface area contributed by atoms with Gasteiger partial charge in [-0.15, -0.1) is 0 Å². The number of amides is 1. The molecule has 1 saturated heterocycles. The van der Waals surface area contributed by atoms with Crippen molar-refractivity contribution in [2.24, 2.45) is 11.8 Å². The molecule has 5 heteroatoms. The molecule has 3 atom stereocenters. The Labute approximate surface area is 134 Å². The van der Waals surface area contributed by atoms with Gasteiger partial charge in [0.15, 0.2) is 0 Å². The maximum atomic E-state index is 11.8. The number of carbonyl (C=O) groups is 1. The molecule has 114 valence electrons. The van der Waals surface area contributed by atoms with Gasteiger partial charge in [-0.2, -0.15) is 0 Å². The van der Waals surface area contributed by atoms with Crippen molar-refractivity contribution in [1.29, 1.82) is 0 Å². The van der Waals surface area contributed by atoms with Crippen molar-refractivity contribution >= 4 is 27.7 Å². The van der Waals surface area contributed by atoms with Crippen molar-refractivity contribution in [1.82, 2.24) is 5.32 Å². The average Bonchev–Trinajstić information content (AvgIpc) is 2.83. The number of nitrogens with zero attached hydrogens (tertiary/aromatic N) is 1. The molecule has 4 nitrogen and oxygen atoms in total. The SMILES string of the molecule is CC(C)(C)OC(=O)NC1[C@H]2CN(c3ccc(Br)cc3)C[C@@H]12. The predicted octanol–water partition coefficient (Wildman–Crippen LogP) is 3.41. The van der Waals surface area contributed by atoms with Crippen LogP contribution in [0.1, 0.15) is 20.8 Å². The highest BCUT2D eigenvalue weighted by Crippen LogP contribution is 2.46. The number of halogens is 1. The van der Waals surface area contributed by atoms with E-state index in [0.717, 1.165) is 17.6 Å². The molecule has 2 fully saturated rings. The van der Waals surface area contributed by atoms with Gasteiger partial charge in [0.2, 0.25) is 0 Å². The Balaban J connectivity index is 1.50. The molecular weight excluding hydrogens is 332 g/mol. The number of ether oxygens (including phenoxy) is 1. The molecule has 1 aliphatic heterocycles. The summed E-state index contributed by atoms with van der Waals surface area (Å²) in [4.78, 5) is 14.2. The van der Waals surface area contributed by atoms with Crippen LogP contribution in [0, 0.1) is 11.8 Å². The van der Waals surface area contributed by atoms with Gasteiger partial charge in [-0.1, -0.05) is 15.9 Å². The minimum atomic E-state index is -0.433. The normalized spacial score (nSPS) is 27.2. The molecule has 1 N–H and O–H groups in total. The van der Waals surface area contributed by atoms with E-state index in [0.29, 0.717) is 11.8 Å². The third-order valence-electron chi connectivity index (χ3n) is 4.07. The summed E-state index contributed by atoms with van der Waals surface area (Å²) in [5.74, 6) is 1.11. The van der Waals surface area contributed by atoms with Gasteiger partial charge in [0, 0.05) is 41.1 Å². The Kier molecular flexibility index (Phi) is 3.64. The number of alkyl carbamates (subject to hydrolysis) is 1. The van der Waals surface area contributed by atoms with Crippen LogP contribution < -0.4 is 10.2 Å². The van der Waals surface area contributed by atoms with E-state index in [1.807, 2.05) is 20.8 Å². The first-order valence-corrected chi connectivity index (χ1v) is 8.13. The smallest absolute Gasteiger partial charge is 0.407 e. The minimum Gasteiger partial charge on any atom is -0.444 e. The first-order chi connectivity index (χ1) is 9.83. The van der Waals surface area contributed by atoms with Crippen LogP contribution in [-0.2, 0) is 4.74 Å². The number of fused-ring (bicyclic) bond motifs is 1. The number of carbonyl (C=O) groups excluding carboxylic acids is 1. The van der Waals surface area contributed by atoms with E-state index in [1.165, 1.54) is 5.69 Å². The summed E-state index contributed by atoms with van der Waals surface area (Å²) in [6.45, 7) is 7.67. The molecule has 0 spiro atoms. The lowest BCUT2D eigenvalue weighted by Gasteiger charge is -2.23. The van der Waals surface area contributed by atoms with Crippen molar-refractivity contribution in [3.8, 4) is 0 Å². The number of anilines is 1. The van der Waals surface area contributed by atoms with Gasteiger partial charge >= 0.3 is 6.09 Å². The predicted molar refractivity (Wildman–Crippen MR) is 86.5 cm³/mol. The van der Waals surface area contributed by atoms with Crippen LogP contribution in [0.2, 0.25) is 0 Å². The van der Waals surface area contributed by atoms with Crippen LogP contribution in [0.25, 0.3) is 0 Å². The van der Waals surface area contributed by atoms with Gasteiger partial charge in [-0.3, -0.25) is 0 Å². The van der Waals surface area contributed by atoms with Crippen LogP contribution in [0.15, 0.2) is 28.7 Å². The topological polar surface area (TPSA) is 41.6 Å². The molecule has 1 aromatic carbocycles. The highest BCUT2D eigenvalue weighted by atomic mass is 79.9. The van der Waals surface area contributed by atoms with Crippen molar-refractivity contribution in [3.63, 3.8) is 0 Å². The summed E-state index contributed by atoms with van der Waals surface area (Å²) in [6, 6.07) is 8.67. The molecule has 21 heavy (non-hydrogen) atoms. The zero-order chi connectivity index (χ0) is 15.2. The summed E-state index contributed by atoms with van der Waals surface area (Å²) in [5, 5.41) is 3.00. The second kappa shape index (κ2) is 5.20. The van der Waals surface area contributed by atoms with Crippen molar-refractivity contribution < 1.29 is 9.53 Å². The van der Waals surface area contributed by atoms with Gasteiger partial charge in [-0.25, -0.2) is 4.79 Å². The van der Waals surface area contributed by atoms with E-state index in [1.54, 1.807) is 0 Å². The van der Waals surface area contributed by atoms with Crippen molar-refractivity contribution in [3.05, 3.63) is 28.7 Å². The summed E-state index contributed by atoms with van der Waals surface area (Å²) in [7, 11) is 0. The Morgan fingerprint density at radius 2 is 1.81 bits per heavy atom. The van der Waals surface area contributed by atoms with Crippen molar-refractivity contribution in [2.45, 2.75) is 32.4 Å². The Morgan fingerprint density at radius 1 is 1.24 bits per heavy atom. The van der Waals surface area contributed by atoms with Crippen LogP contribution in [0.5, 0.6) is 0 Å². The van der Waals surface area contributed by atoms with E-state index < -0.39 is 5.60 Å². The van der Waals surface area contributed by atoms with Gasteiger partial charge in [0.1, 0.15) is 5.60 Å². The summed E-state index contributed by atoms with van der Waals surface area (Å²) >= 11 is 3.46. The second-order valence-electron chi connectivity index (χ2n) is 6.88. The molecule has 1 unspecified atom stereocenters. The van der Waals surface area contributed by atoms with E-state index >= 15 is 0 Å². The summed E-state index contributed by atoms with van der Waals surface area (Å²) in [5.41, 5.74) is 0.818.